The molecule has 1 aliphatic rings. The van der Waals surface area contributed by atoms with Gasteiger partial charge in [0.2, 0.25) is 0 Å². The fraction of sp³-hybridized carbons (Fsp3) is 0.818. The maximum atomic E-state index is 10.1. The monoisotopic (exact) mass is 168 g/mol. The van der Waals surface area contributed by atoms with Crippen molar-refractivity contribution < 1.29 is 5.11 Å². The van der Waals surface area contributed by atoms with Gasteiger partial charge in [-0.2, -0.15) is 0 Å². The lowest BCUT2D eigenvalue weighted by molar-refractivity contribution is 0.0269. The Kier molecular flexibility index (Phi) is 2.94. The highest BCUT2D eigenvalue weighted by molar-refractivity contribution is 5.05. The molecule has 3 unspecified atom stereocenters. The third-order valence-corrected chi connectivity index (χ3v) is 3.42. The Labute approximate surface area is 75.5 Å². The Bertz CT molecular complexity index is 164. The van der Waals surface area contributed by atoms with Gasteiger partial charge in [0, 0.05) is 0 Å². The van der Waals surface area contributed by atoms with Gasteiger partial charge in [0.15, 0.2) is 0 Å². The molecule has 0 aliphatic heterocycles. The third-order valence-electron chi connectivity index (χ3n) is 3.42. The molecular weight excluding hydrogens is 148 g/mol. The Hall–Kier alpha value is -0.300. The van der Waals surface area contributed by atoms with Crippen molar-refractivity contribution >= 4 is 0 Å². The van der Waals surface area contributed by atoms with Crippen molar-refractivity contribution in [1.29, 1.82) is 0 Å². The van der Waals surface area contributed by atoms with E-state index in [9.17, 15) is 5.11 Å². The van der Waals surface area contributed by atoms with Gasteiger partial charge in [-0.05, 0) is 31.1 Å². The largest absolute Gasteiger partial charge is 0.386 e. The predicted molar refractivity (Wildman–Crippen MR) is 51.9 cm³/mol. The molecular formula is C11H20O. The highest BCUT2D eigenvalue weighted by Gasteiger charge is 2.40. The molecule has 1 fully saturated rings. The van der Waals surface area contributed by atoms with Gasteiger partial charge in [0.25, 0.3) is 0 Å². The fourth-order valence-corrected chi connectivity index (χ4v) is 2.36. The summed E-state index contributed by atoms with van der Waals surface area (Å²) in [6.45, 7) is 8.15. The molecule has 0 aromatic rings. The van der Waals surface area contributed by atoms with Crippen LogP contribution in [0.25, 0.3) is 0 Å². The van der Waals surface area contributed by atoms with Crippen molar-refractivity contribution in [3.63, 3.8) is 0 Å². The van der Waals surface area contributed by atoms with Crippen molar-refractivity contribution in [1.82, 2.24) is 0 Å². The lowest BCUT2D eigenvalue weighted by Gasteiger charge is -2.30. The summed E-state index contributed by atoms with van der Waals surface area (Å²) < 4.78 is 0. The zero-order chi connectivity index (χ0) is 9.19. The van der Waals surface area contributed by atoms with E-state index in [4.69, 9.17) is 0 Å². The van der Waals surface area contributed by atoms with Crippen molar-refractivity contribution in [2.24, 2.45) is 11.8 Å². The van der Waals surface area contributed by atoms with Gasteiger partial charge in [-0.3, -0.25) is 0 Å². The number of hydrogen-bond donors (Lipinski definition) is 1. The van der Waals surface area contributed by atoms with E-state index in [-0.39, 0.29) is 0 Å². The lowest BCUT2D eigenvalue weighted by atomic mass is 9.80. The molecule has 0 saturated heterocycles. The molecule has 0 amide bonds. The Morgan fingerprint density at radius 2 is 2.42 bits per heavy atom. The van der Waals surface area contributed by atoms with Crippen LogP contribution in [-0.4, -0.2) is 10.7 Å². The quantitative estimate of drug-likeness (QED) is 0.642. The number of hydrogen-bond acceptors (Lipinski definition) is 1. The molecule has 12 heavy (non-hydrogen) atoms. The van der Waals surface area contributed by atoms with E-state index in [1.165, 1.54) is 0 Å². The van der Waals surface area contributed by atoms with Gasteiger partial charge in [0.1, 0.15) is 0 Å². The molecule has 1 heteroatoms. The highest BCUT2D eigenvalue weighted by atomic mass is 16.3. The van der Waals surface area contributed by atoms with Crippen LogP contribution in [0.5, 0.6) is 0 Å². The minimum Gasteiger partial charge on any atom is -0.386 e. The first-order valence-electron chi connectivity index (χ1n) is 5.00. The highest BCUT2D eigenvalue weighted by Crippen LogP contribution is 2.41. The van der Waals surface area contributed by atoms with Crippen LogP contribution in [0.15, 0.2) is 12.7 Å². The van der Waals surface area contributed by atoms with E-state index in [1.807, 2.05) is 0 Å². The summed E-state index contributed by atoms with van der Waals surface area (Å²) in [5.74, 6) is 1.07. The Balaban J connectivity index is 2.69. The van der Waals surface area contributed by atoms with Crippen LogP contribution in [0.1, 0.15) is 39.5 Å². The average Bonchev–Trinajstić information content (AvgIpc) is 2.47. The zero-order valence-electron chi connectivity index (χ0n) is 8.21. The van der Waals surface area contributed by atoms with Gasteiger partial charge >= 0.3 is 0 Å². The lowest BCUT2D eigenvalue weighted by Crippen LogP contribution is -2.34. The minimum absolute atomic E-state index is 0.444. The van der Waals surface area contributed by atoms with Gasteiger partial charge in [-0.15, -0.1) is 6.58 Å². The molecule has 0 radical (unpaired) electrons. The molecule has 1 rings (SSSR count). The first-order valence-corrected chi connectivity index (χ1v) is 5.00. The minimum atomic E-state index is -0.560. The van der Waals surface area contributed by atoms with E-state index in [2.05, 4.69) is 20.4 Å². The summed E-state index contributed by atoms with van der Waals surface area (Å²) in [5, 5.41) is 10.1. The average molecular weight is 168 g/mol. The second-order valence-electron chi connectivity index (χ2n) is 4.08. The number of rotatable bonds is 3. The molecule has 70 valence electrons. The maximum absolute atomic E-state index is 10.1. The SMILES string of the molecule is C=CC1(O)CCCC1C(C)CC. The van der Waals surface area contributed by atoms with E-state index >= 15 is 0 Å². The van der Waals surface area contributed by atoms with Crippen LogP contribution in [0.3, 0.4) is 0 Å². The molecule has 1 aliphatic carbocycles. The molecule has 1 saturated carbocycles. The maximum Gasteiger partial charge on any atom is 0.0855 e. The summed E-state index contributed by atoms with van der Waals surface area (Å²) in [7, 11) is 0. The molecule has 1 nitrogen and oxygen atoms in total. The van der Waals surface area contributed by atoms with E-state index < -0.39 is 5.60 Å². The first kappa shape index (κ1) is 9.79. The van der Waals surface area contributed by atoms with E-state index in [0.29, 0.717) is 11.8 Å². The topological polar surface area (TPSA) is 20.2 Å². The van der Waals surface area contributed by atoms with Gasteiger partial charge in [-0.25, -0.2) is 0 Å². The van der Waals surface area contributed by atoms with Crippen LogP contribution in [0.4, 0.5) is 0 Å². The molecule has 0 heterocycles. The first-order chi connectivity index (χ1) is 5.64. The zero-order valence-corrected chi connectivity index (χ0v) is 8.21. The molecule has 0 bridgehead atoms. The van der Waals surface area contributed by atoms with Crippen molar-refractivity contribution in [3.05, 3.63) is 12.7 Å². The third kappa shape index (κ3) is 1.56. The molecule has 0 aromatic heterocycles. The summed E-state index contributed by atoms with van der Waals surface area (Å²) in [4.78, 5) is 0. The Morgan fingerprint density at radius 1 is 1.75 bits per heavy atom. The van der Waals surface area contributed by atoms with Crippen LogP contribution in [-0.2, 0) is 0 Å². The van der Waals surface area contributed by atoms with Gasteiger partial charge < -0.3 is 5.11 Å². The van der Waals surface area contributed by atoms with Crippen molar-refractivity contribution in [2.45, 2.75) is 45.1 Å². The van der Waals surface area contributed by atoms with Gasteiger partial charge in [-0.1, -0.05) is 26.3 Å². The van der Waals surface area contributed by atoms with Crippen LogP contribution in [0, 0.1) is 11.8 Å². The molecule has 0 aromatic carbocycles. The second kappa shape index (κ2) is 3.61. The van der Waals surface area contributed by atoms with E-state index in [1.54, 1.807) is 6.08 Å². The summed E-state index contributed by atoms with van der Waals surface area (Å²) in [6, 6.07) is 0. The standard InChI is InChI=1S/C11H20O/c1-4-9(3)10-7-6-8-11(10,12)5-2/h5,9-10,12H,2,4,6-8H2,1,3H3. The summed E-state index contributed by atoms with van der Waals surface area (Å²) >= 11 is 0. The van der Waals surface area contributed by atoms with Crippen LogP contribution in [0.2, 0.25) is 0 Å². The smallest absolute Gasteiger partial charge is 0.0855 e. The normalized spacial score (nSPS) is 38.1. The number of aliphatic hydroxyl groups is 1. The van der Waals surface area contributed by atoms with Crippen molar-refractivity contribution in [3.8, 4) is 0 Å². The van der Waals surface area contributed by atoms with E-state index in [0.717, 1.165) is 25.7 Å². The van der Waals surface area contributed by atoms with Crippen LogP contribution >= 0.6 is 0 Å². The molecule has 3 atom stereocenters. The van der Waals surface area contributed by atoms with Crippen molar-refractivity contribution in [2.75, 3.05) is 0 Å². The molecule has 0 spiro atoms. The van der Waals surface area contributed by atoms with Gasteiger partial charge in [0.05, 0.1) is 5.60 Å². The van der Waals surface area contributed by atoms with Crippen LogP contribution < -0.4 is 0 Å². The summed E-state index contributed by atoms with van der Waals surface area (Å²) in [5.41, 5.74) is -0.560. The summed E-state index contributed by atoms with van der Waals surface area (Å²) in [6.07, 6.45) is 6.12. The Morgan fingerprint density at radius 3 is 2.92 bits per heavy atom. The molecule has 1 N–H and O–H groups in total. The fourth-order valence-electron chi connectivity index (χ4n) is 2.36. The second-order valence-corrected chi connectivity index (χ2v) is 4.08. The predicted octanol–water partition coefficient (Wildman–Crippen LogP) is 2.75.